The zero-order valence-corrected chi connectivity index (χ0v) is 12.4. The number of carbonyl (C=O) groups excluding carboxylic acids is 1. The molecule has 0 radical (unpaired) electrons. The van der Waals surface area contributed by atoms with Crippen LogP contribution in [0.2, 0.25) is 5.02 Å². The molecule has 2 unspecified atom stereocenters. The van der Waals surface area contributed by atoms with Crippen LogP contribution in [-0.4, -0.2) is 37.1 Å². The summed E-state index contributed by atoms with van der Waals surface area (Å²) >= 11 is 5.87. The lowest BCUT2D eigenvalue weighted by Crippen LogP contribution is -2.39. The van der Waals surface area contributed by atoms with Crippen LogP contribution in [0.5, 0.6) is 0 Å². The Morgan fingerprint density at radius 1 is 1.48 bits per heavy atom. The smallest absolute Gasteiger partial charge is 0.288 e. The maximum absolute atomic E-state index is 12.3. The summed E-state index contributed by atoms with van der Waals surface area (Å²) in [6.45, 7) is 2.51. The molecule has 1 amide bonds. The third-order valence-electron chi connectivity index (χ3n) is 3.54. The fourth-order valence-corrected chi connectivity index (χ4v) is 2.50. The minimum Gasteiger partial charge on any atom is -0.379 e. The third kappa shape index (κ3) is 3.31. The first-order chi connectivity index (χ1) is 9.93. The molecule has 1 aliphatic heterocycles. The van der Waals surface area contributed by atoms with Gasteiger partial charge in [0.05, 0.1) is 24.1 Å². The van der Waals surface area contributed by atoms with Crippen LogP contribution in [0.1, 0.15) is 5.56 Å². The van der Waals surface area contributed by atoms with Gasteiger partial charge in [-0.25, -0.2) is 0 Å². The normalized spacial score (nSPS) is 21.3. The number of ether oxygens (including phenoxy) is 1. The molecule has 1 aromatic carbocycles. The molecule has 0 spiro atoms. The highest BCUT2D eigenvalue weighted by Crippen LogP contribution is 2.31. The molecule has 0 saturated carbocycles. The van der Waals surface area contributed by atoms with Crippen molar-refractivity contribution < 1.29 is 14.5 Å². The Hall–Kier alpha value is -1.70. The lowest BCUT2D eigenvalue weighted by atomic mass is 10.0. The maximum atomic E-state index is 12.3. The lowest BCUT2D eigenvalue weighted by Gasteiger charge is -2.17. The van der Waals surface area contributed by atoms with E-state index in [1.54, 1.807) is 14.0 Å². The van der Waals surface area contributed by atoms with Crippen LogP contribution in [0.3, 0.4) is 0 Å². The molecule has 0 aromatic heterocycles. The summed E-state index contributed by atoms with van der Waals surface area (Å²) in [6.07, 6.45) is 0. The number of nitro groups is 1. The van der Waals surface area contributed by atoms with Crippen molar-refractivity contribution in [2.24, 2.45) is 5.92 Å². The van der Waals surface area contributed by atoms with Gasteiger partial charge in [-0.05, 0) is 25.6 Å². The minimum absolute atomic E-state index is 0.00580. The number of benzene rings is 1. The summed E-state index contributed by atoms with van der Waals surface area (Å²) in [4.78, 5) is 22.5. The number of hydrogen-bond donors (Lipinski definition) is 2. The number of likely N-dealkylation sites (N-methyl/N-ethyl adjacent to an activating group) is 1. The van der Waals surface area contributed by atoms with Gasteiger partial charge in [0.25, 0.3) is 5.69 Å². The second kappa shape index (κ2) is 6.38. The Morgan fingerprint density at radius 2 is 2.19 bits per heavy atom. The molecule has 1 fully saturated rings. The Labute approximate surface area is 126 Å². The van der Waals surface area contributed by atoms with Crippen molar-refractivity contribution in [3.05, 3.63) is 32.8 Å². The van der Waals surface area contributed by atoms with E-state index in [1.807, 2.05) is 0 Å². The number of anilines is 1. The van der Waals surface area contributed by atoms with Gasteiger partial charge in [-0.1, -0.05) is 11.6 Å². The highest BCUT2D eigenvalue weighted by Gasteiger charge is 2.33. The molecule has 114 valence electrons. The molecule has 2 atom stereocenters. The summed E-state index contributed by atoms with van der Waals surface area (Å²) in [5, 5.41) is 16.6. The van der Waals surface area contributed by atoms with E-state index in [2.05, 4.69) is 10.6 Å². The van der Waals surface area contributed by atoms with Crippen molar-refractivity contribution in [1.29, 1.82) is 0 Å². The average molecular weight is 314 g/mol. The Morgan fingerprint density at radius 3 is 2.81 bits per heavy atom. The van der Waals surface area contributed by atoms with Crippen LogP contribution in [0.4, 0.5) is 11.4 Å². The van der Waals surface area contributed by atoms with Crippen LogP contribution < -0.4 is 10.6 Å². The summed E-state index contributed by atoms with van der Waals surface area (Å²) in [5.41, 5.74) is 0.876. The predicted molar refractivity (Wildman–Crippen MR) is 78.6 cm³/mol. The van der Waals surface area contributed by atoms with E-state index in [0.29, 0.717) is 24.5 Å². The maximum Gasteiger partial charge on any atom is 0.288 e. The SMILES string of the molecule is CNC1COCC1C(=O)Nc1cc(Cl)c([N+](=O)[O-])cc1C. The molecule has 1 heterocycles. The van der Waals surface area contributed by atoms with E-state index in [9.17, 15) is 14.9 Å². The number of rotatable bonds is 4. The van der Waals surface area contributed by atoms with Gasteiger partial charge in [0.2, 0.25) is 5.91 Å². The van der Waals surface area contributed by atoms with Crippen molar-refractivity contribution in [2.45, 2.75) is 13.0 Å². The molecule has 8 heteroatoms. The standard InChI is InChI=1S/C13H16ClN3O4/c1-7-3-12(17(19)20)9(14)4-10(7)16-13(18)8-5-21-6-11(8)15-2/h3-4,8,11,15H,5-6H2,1-2H3,(H,16,18). The summed E-state index contributed by atoms with van der Waals surface area (Å²) in [6, 6.07) is 2.70. The molecular weight excluding hydrogens is 298 g/mol. The number of amides is 1. The number of halogens is 1. The zero-order chi connectivity index (χ0) is 15.6. The molecular formula is C13H16ClN3O4. The first kappa shape index (κ1) is 15.7. The second-order valence-corrected chi connectivity index (χ2v) is 5.31. The topological polar surface area (TPSA) is 93.5 Å². The summed E-state index contributed by atoms with van der Waals surface area (Å²) in [7, 11) is 1.77. The van der Waals surface area contributed by atoms with Crippen molar-refractivity contribution >= 4 is 28.9 Å². The van der Waals surface area contributed by atoms with Gasteiger partial charge >= 0.3 is 0 Å². The van der Waals surface area contributed by atoms with Crippen molar-refractivity contribution in [2.75, 3.05) is 25.6 Å². The Bertz CT molecular complexity index is 579. The third-order valence-corrected chi connectivity index (χ3v) is 3.84. The fourth-order valence-electron chi connectivity index (χ4n) is 2.26. The molecule has 0 bridgehead atoms. The Kier molecular flexibility index (Phi) is 4.76. The number of nitrogens with zero attached hydrogens (tertiary/aromatic N) is 1. The molecule has 2 rings (SSSR count). The molecule has 1 aromatic rings. The summed E-state index contributed by atoms with van der Waals surface area (Å²) in [5.74, 6) is -0.497. The van der Waals surface area contributed by atoms with E-state index in [1.165, 1.54) is 12.1 Å². The molecule has 21 heavy (non-hydrogen) atoms. The monoisotopic (exact) mass is 313 g/mol. The second-order valence-electron chi connectivity index (χ2n) is 4.90. The van der Waals surface area contributed by atoms with E-state index in [0.717, 1.165) is 0 Å². The largest absolute Gasteiger partial charge is 0.379 e. The lowest BCUT2D eigenvalue weighted by molar-refractivity contribution is -0.384. The van der Waals surface area contributed by atoms with E-state index in [4.69, 9.17) is 16.3 Å². The van der Waals surface area contributed by atoms with Crippen LogP contribution in [0.15, 0.2) is 12.1 Å². The van der Waals surface area contributed by atoms with Gasteiger partial charge in [0, 0.05) is 17.8 Å². The number of nitro benzene ring substituents is 1. The van der Waals surface area contributed by atoms with Crippen molar-refractivity contribution in [3.8, 4) is 0 Å². The van der Waals surface area contributed by atoms with Gasteiger partial charge in [-0.3, -0.25) is 14.9 Å². The molecule has 2 N–H and O–H groups in total. The van der Waals surface area contributed by atoms with Crippen LogP contribution in [0.25, 0.3) is 0 Å². The van der Waals surface area contributed by atoms with Gasteiger partial charge in [-0.15, -0.1) is 0 Å². The fraction of sp³-hybridized carbons (Fsp3) is 0.462. The summed E-state index contributed by atoms with van der Waals surface area (Å²) < 4.78 is 5.29. The quantitative estimate of drug-likeness (QED) is 0.652. The van der Waals surface area contributed by atoms with Gasteiger partial charge in [-0.2, -0.15) is 0 Å². The first-order valence-corrected chi connectivity index (χ1v) is 6.82. The number of hydrogen-bond acceptors (Lipinski definition) is 5. The number of carbonyl (C=O) groups is 1. The molecule has 0 aliphatic carbocycles. The van der Waals surface area contributed by atoms with E-state index in [-0.39, 0.29) is 28.6 Å². The minimum atomic E-state index is -0.553. The Balaban J connectivity index is 2.18. The van der Waals surface area contributed by atoms with Gasteiger partial charge in [0.15, 0.2) is 0 Å². The van der Waals surface area contributed by atoms with Crippen LogP contribution in [-0.2, 0) is 9.53 Å². The van der Waals surface area contributed by atoms with Gasteiger partial charge < -0.3 is 15.4 Å². The van der Waals surface area contributed by atoms with Gasteiger partial charge in [0.1, 0.15) is 5.02 Å². The van der Waals surface area contributed by atoms with Crippen LogP contribution >= 0.6 is 11.6 Å². The molecule has 1 saturated heterocycles. The van der Waals surface area contributed by atoms with Crippen molar-refractivity contribution in [1.82, 2.24) is 5.32 Å². The van der Waals surface area contributed by atoms with Crippen LogP contribution in [0, 0.1) is 23.0 Å². The molecule has 1 aliphatic rings. The highest BCUT2D eigenvalue weighted by molar-refractivity contribution is 6.33. The van der Waals surface area contributed by atoms with E-state index >= 15 is 0 Å². The highest BCUT2D eigenvalue weighted by atomic mass is 35.5. The predicted octanol–water partition coefficient (Wildman–Crippen LogP) is 1.73. The number of aryl methyl sites for hydroxylation is 1. The van der Waals surface area contributed by atoms with E-state index < -0.39 is 4.92 Å². The first-order valence-electron chi connectivity index (χ1n) is 6.44. The number of nitrogens with one attached hydrogen (secondary N) is 2. The average Bonchev–Trinajstić information content (AvgIpc) is 2.90. The van der Waals surface area contributed by atoms with Crippen molar-refractivity contribution in [3.63, 3.8) is 0 Å². The molecule has 7 nitrogen and oxygen atoms in total. The zero-order valence-electron chi connectivity index (χ0n) is 11.7.